The Morgan fingerprint density at radius 2 is 1.50 bits per heavy atom. The summed E-state index contributed by atoms with van der Waals surface area (Å²) in [5, 5.41) is 0. The van der Waals surface area contributed by atoms with Crippen LogP contribution in [0, 0.1) is 0 Å². The fraction of sp³-hybridized carbons (Fsp3) is 0.571. The maximum Gasteiger partial charge on any atom is 0.524 e. The van der Waals surface area contributed by atoms with Crippen molar-refractivity contribution in [3.8, 4) is 5.75 Å². The Hall–Kier alpha value is -0.870. The van der Waals surface area contributed by atoms with Gasteiger partial charge in [0.05, 0.1) is 0 Å². The number of phosphoric acid groups is 1. The lowest BCUT2D eigenvalue weighted by Crippen LogP contribution is -2.17. The highest BCUT2D eigenvalue weighted by Crippen LogP contribution is 2.43. The van der Waals surface area contributed by atoms with Crippen molar-refractivity contribution in [1.29, 1.82) is 0 Å². The van der Waals surface area contributed by atoms with Gasteiger partial charge in [-0.15, -0.1) is 0 Å². The number of phosphoric ester groups is 1. The van der Waals surface area contributed by atoms with Crippen molar-refractivity contribution in [2.24, 2.45) is 0 Å². The average molecular weight is 303 g/mol. The molecule has 0 aliphatic carbocycles. The van der Waals surface area contributed by atoms with Crippen molar-refractivity contribution in [2.45, 2.75) is 52.4 Å². The molecule has 0 heterocycles. The molecule has 0 bridgehead atoms. The van der Waals surface area contributed by atoms with Crippen LogP contribution in [0.4, 0.5) is 0 Å². The molecular weight excluding hydrogens is 277 g/mol. The molecule has 0 fully saturated rings. The number of hydrogen-bond donors (Lipinski definition) is 3. The molecule has 6 heteroatoms. The first kappa shape index (κ1) is 19.1. The molecule has 0 unspecified atom stereocenters. The van der Waals surface area contributed by atoms with Gasteiger partial charge in [-0.2, -0.15) is 0 Å². The molecule has 0 saturated heterocycles. The lowest BCUT2D eigenvalue weighted by molar-refractivity contribution is 0.281. The van der Waals surface area contributed by atoms with Crippen LogP contribution in [-0.2, 0) is 15.4 Å². The summed E-state index contributed by atoms with van der Waals surface area (Å²) >= 11 is 0. The van der Waals surface area contributed by atoms with Gasteiger partial charge < -0.3 is 10.7 Å². The maximum absolute atomic E-state index is 11.0. The molecule has 0 radical (unpaired) electrons. The Morgan fingerprint density at radius 1 is 1.00 bits per heavy atom. The molecule has 0 aliphatic rings. The molecule has 5 N–H and O–H groups in total. The van der Waals surface area contributed by atoms with Crippen LogP contribution in [0.25, 0.3) is 0 Å². The normalized spacial score (nSPS) is 12.8. The highest BCUT2D eigenvalue weighted by molar-refractivity contribution is 7.46. The zero-order valence-electron chi connectivity index (χ0n) is 13.1. The molecular formula is C14H26NO4P. The Balaban J connectivity index is 0.00000361. The summed E-state index contributed by atoms with van der Waals surface area (Å²) < 4.78 is 15.8. The predicted octanol–water partition coefficient (Wildman–Crippen LogP) is 3.92. The van der Waals surface area contributed by atoms with Gasteiger partial charge in [0.25, 0.3) is 0 Å². The zero-order chi connectivity index (χ0) is 15.1. The van der Waals surface area contributed by atoms with Crippen LogP contribution in [0.15, 0.2) is 18.2 Å². The fourth-order valence-electron chi connectivity index (χ4n) is 1.79. The fourth-order valence-corrected chi connectivity index (χ4v) is 2.21. The zero-order valence-corrected chi connectivity index (χ0v) is 14.0. The van der Waals surface area contributed by atoms with E-state index < -0.39 is 7.82 Å². The average Bonchev–Trinajstić information content (AvgIpc) is 2.11. The van der Waals surface area contributed by atoms with Crippen LogP contribution in [0.1, 0.15) is 52.7 Å². The van der Waals surface area contributed by atoms with Crippen LogP contribution in [0.5, 0.6) is 5.75 Å². The minimum absolute atomic E-state index is 0. The predicted molar refractivity (Wildman–Crippen MR) is 81.5 cm³/mol. The van der Waals surface area contributed by atoms with E-state index in [0.29, 0.717) is 0 Å². The second-order valence-electron chi connectivity index (χ2n) is 6.79. The molecule has 116 valence electrons. The molecule has 1 rings (SSSR count). The SMILES string of the molecule is CC(C)(C)c1ccc(OP(=O)(O)O)c(C(C)(C)C)c1.N. The van der Waals surface area contributed by atoms with Gasteiger partial charge >= 0.3 is 7.82 Å². The van der Waals surface area contributed by atoms with Crippen molar-refractivity contribution in [3.05, 3.63) is 29.3 Å². The highest BCUT2D eigenvalue weighted by atomic mass is 31.2. The number of hydrogen-bond acceptors (Lipinski definition) is 3. The summed E-state index contributed by atoms with van der Waals surface area (Å²) in [7, 11) is -4.54. The standard InChI is InChI=1S/C14H23O4P.H3N/c1-13(2,3)10-7-8-12(18-19(15,16)17)11(9-10)14(4,5)6;/h7-9H,1-6H3,(H2,15,16,17);1H3. The van der Waals surface area contributed by atoms with Gasteiger partial charge in [0.2, 0.25) is 0 Å². The third-order valence-corrected chi connectivity index (χ3v) is 3.31. The van der Waals surface area contributed by atoms with Crippen molar-refractivity contribution >= 4 is 7.82 Å². The summed E-state index contributed by atoms with van der Waals surface area (Å²) in [5.74, 6) is 0.244. The highest BCUT2D eigenvalue weighted by Gasteiger charge is 2.26. The first-order valence-electron chi connectivity index (χ1n) is 6.21. The summed E-state index contributed by atoms with van der Waals surface area (Å²) in [6, 6.07) is 5.45. The van der Waals surface area contributed by atoms with Gasteiger partial charge in [-0.05, 0) is 22.5 Å². The molecule has 1 aromatic carbocycles. The largest absolute Gasteiger partial charge is 0.524 e. The van der Waals surface area contributed by atoms with E-state index in [9.17, 15) is 4.57 Å². The van der Waals surface area contributed by atoms with Gasteiger partial charge in [-0.1, -0.05) is 53.7 Å². The lowest BCUT2D eigenvalue weighted by atomic mass is 9.80. The van der Waals surface area contributed by atoms with Crippen molar-refractivity contribution < 1.29 is 18.9 Å². The summed E-state index contributed by atoms with van der Waals surface area (Å²) in [4.78, 5) is 18.0. The lowest BCUT2D eigenvalue weighted by Gasteiger charge is -2.27. The third kappa shape index (κ3) is 5.25. The maximum atomic E-state index is 11.0. The minimum atomic E-state index is -4.54. The second kappa shape index (κ2) is 5.86. The molecule has 0 amide bonds. The molecule has 0 spiro atoms. The van der Waals surface area contributed by atoms with E-state index in [1.54, 1.807) is 6.07 Å². The van der Waals surface area contributed by atoms with E-state index in [2.05, 4.69) is 20.8 Å². The quantitative estimate of drug-likeness (QED) is 0.719. The van der Waals surface area contributed by atoms with Gasteiger partial charge in [0.15, 0.2) is 0 Å². The van der Waals surface area contributed by atoms with Crippen LogP contribution >= 0.6 is 7.82 Å². The van der Waals surface area contributed by atoms with E-state index >= 15 is 0 Å². The molecule has 20 heavy (non-hydrogen) atoms. The second-order valence-corrected chi connectivity index (χ2v) is 7.96. The monoisotopic (exact) mass is 303 g/mol. The Morgan fingerprint density at radius 3 is 1.85 bits per heavy atom. The van der Waals surface area contributed by atoms with Crippen LogP contribution in [0.2, 0.25) is 0 Å². The van der Waals surface area contributed by atoms with E-state index in [0.717, 1.165) is 11.1 Å². The molecule has 1 aromatic rings. The number of rotatable bonds is 2. The Kier molecular flexibility index (Phi) is 5.61. The third-order valence-electron chi connectivity index (χ3n) is 2.87. The van der Waals surface area contributed by atoms with Crippen molar-refractivity contribution in [1.82, 2.24) is 6.15 Å². The van der Waals surface area contributed by atoms with Crippen molar-refractivity contribution in [3.63, 3.8) is 0 Å². The van der Waals surface area contributed by atoms with E-state index in [1.807, 2.05) is 32.9 Å². The summed E-state index contributed by atoms with van der Waals surface area (Å²) in [6.45, 7) is 12.2. The van der Waals surface area contributed by atoms with Crippen LogP contribution in [-0.4, -0.2) is 9.79 Å². The topological polar surface area (TPSA) is 102 Å². The molecule has 0 aliphatic heterocycles. The minimum Gasteiger partial charge on any atom is -0.404 e. The van der Waals surface area contributed by atoms with E-state index in [-0.39, 0.29) is 22.7 Å². The van der Waals surface area contributed by atoms with Crippen molar-refractivity contribution in [2.75, 3.05) is 0 Å². The van der Waals surface area contributed by atoms with Gasteiger partial charge in [0.1, 0.15) is 5.75 Å². The smallest absolute Gasteiger partial charge is 0.404 e. The van der Waals surface area contributed by atoms with Gasteiger partial charge in [0, 0.05) is 5.56 Å². The van der Waals surface area contributed by atoms with E-state index in [1.165, 1.54) is 0 Å². The van der Waals surface area contributed by atoms with Gasteiger partial charge in [-0.25, -0.2) is 4.57 Å². The first-order chi connectivity index (χ1) is 8.31. The van der Waals surface area contributed by atoms with E-state index in [4.69, 9.17) is 14.3 Å². The molecule has 0 atom stereocenters. The Labute approximate surface area is 121 Å². The number of benzene rings is 1. The van der Waals surface area contributed by atoms with Crippen LogP contribution < -0.4 is 10.7 Å². The van der Waals surface area contributed by atoms with Gasteiger partial charge in [-0.3, -0.25) is 9.79 Å². The summed E-state index contributed by atoms with van der Waals surface area (Å²) in [5.41, 5.74) is 1.62. The first-order valence-corrected chi connectivity index (χ1v) is 7.74. The van der Waals surface area contributed by atoms with Crippen LogP contribution in [0.3, 0.4) is 0 Å². The summed E-state index contributed by atoms with van der Waals surface area (Å²) in [6.07, 6.45) is 0. The Bertz CT molecular complexity index is 509. The molecule has 0 aromatic heterocycles. The molecule has 5 nitrogen and oxygen atoms in total. The molecule has 0 saturated carbocycles.